The molecular formula is C9H10N2O. The lowest BCUT2D eigenvalue weighted by molar-refractivity contribution is -0.119. The number of allylic oxidation sites excluding steroid dienone is 1. The van der Waals surface area contributed by atoms with Crippen molar-refractivity contribution in [1.29, 1.82) is 5.26 Å². The highest BCUT2D eigenvalue weighted by Crippen LogP contribution is 2.17. The third-order valence-electron chi connectivity index (χ3n) is 1.84. The molecule has 1 aliphatic rings. The Morgan fingerprint density at radius 3 is 2.83 bits per heavy atom. The van der Waals surface area contributed by atoms with Crippen LogP contribution in [0.4, 0.5) is 0 Å². The van der Waals surface area contributed by atoms with Gasteiger partial charge in [-0.05, 0) is 25.0 Å². The zero-order valence-electron chi connectivity index (χ0n) is 7.16. The van der Waals surface area contributed by atoms with Gasteiger partial charge in [-0.25, -0.2) is 4.99 Å². The molecule has 1 atom stereocenters. The highest BCUT2D eigenvalue weighted by atomic mass is 16.1. The minimum Gasteiger partial charge on any atom is -0.271 e. The zero-order chi connectivity index (χ0) is 9.14. The van der Waals surface area contributed by atoms with Crippen molar-refractivity contribution in [3.05, 3.63) is 11.6 Å². The number of dihydropyridines is 1. The molecule has 0 saturated carbocycles. The molecule has 3 heteroatoms. The van der Waals surface area contributed by atoms with Crippen molar-refractivity contribution in [3.63, 3.8) is 0 Å². The van der Waals surface area contributed by atoms with Crippen LogP contribution in [0.15, 0.2) is 16.6 Å². The molecule has 0 fully saturated rings. The monoisotopic (exact) mass is 162 g/mol. The van der Waals surface area contributed by atoms with Gasteiger partial charge in [0.1, 0.15) is 5.92 Å². The summed E-state index contributed by atoms with van der Waals surface area (Å²) >= 11 is 0. The van der Waals surface area contributed by atoms with Gasteiger partial charge in [0.25, 0.3) is 5.91 Å². The summed E-state index contributed by atoms with van der Waals surface area (Å²) in [4.78, 5) is 14.9. The summed E-state index contributed by atoms with van der Waals surface area (Å²) in [6.45, 7) is 3.72. The van der Waals surface area contributed by atoms with Gasteiger partial charge >= 0.3 is 0 Å². The van der Waals surface area contributed by atoms with E-state index in [2.05, 4.69) is 4.99 Å². The fraction of sp³-hybridized carbons (Fsp3) is 0.444. The van der Waals surface area contributed by atoms with Gasteiger partial charge in [0.05, 0.1) is 6.07 Å². The topological polar surface area (TPSA) is 53.2 Å². The number of rotatable bonds is 1. The molecule has 0 radical (unpaired) electrons. The number of nitrogens with zero attached hydrogens (tertiary/aromatic N) is 2. The van der Waals surface area contributed by atoms with Crippen LogP contribution in [-0.4, -0.2) is 11.6 Å². The standard InChI is InChI=1S/C9H10N2O/c1-3-7-4-6(2)8(5-10)9(12)11-7/h4,8H,3H2,1-2H3. The van der Waals surface area contributed by atoms with Crippen LogP contribution in [0.3, 0.4) is 0 Å². The number of hydrogen-bond donors (Lipinski definition) is 0. The van der Waals surface area contributed by atoms with E-state index in [1.54, 1.807) is 6.92 Å². The first-order chi connectivity index (χ1) is 5.69. The van der Waals surface area contributed by atoms with Crippen LogP contribution in [0, 0.1) is 17.2 Å². The highest BCUT2D eigenvalue weighted by Gasteiger charge is 2.22. The number of aliphatic imine (C=N–C) groups is 1. The molecule has 62 valence electrons. The summed E-state index contributed by atoms with van der Waals surface area (Å²) in [5.74, 6) is -0.977. The molecule has 1 heterocycles. The largest absolute Gasteiger partial charge is 0.271 e. The van der Waals surface area contributed by atoms with Gasteiger partial charge in [-0.15, -0.1) is 0 Å². The first-order valence-corrected chi connectivity index (χ1v) is 3.88. The minimum absolute atomic E-state index is 0.325. The van der Waals surface area contributed by atoms with Gasteiger partial charge in [-0.1, -0.05) is 6.92 Å². The van der Waals surface area contributed by atoms with Crippen LogP contribution in [0.1, 0.15) is 20.3 Å². The van der Waals surface area contributed by atoms with E-state index in [4.69, 9.17) is 5.26 Å². The molecule has 0 spiro atoms. The van der Waals surface area contributed by atoms with E-state index >= 15 is 0 Å². The van der Waals surface area contributed by atoms with E-state index in [9.17, 15) is 4.79 Å². The van der Waals surface area contributed by atoms with Crippen molar-refractivity contribution < 1.29 is 4.79 Å². The molecule has 0 aromatic carbocycles. The van der Waals surface area contributed by atoms with Crippen LogP contribution in [0.25, 0.3) is 0 Å². The van der Waals surface area contributed by atoms with E-state index in [1.165, 1.54) is 0 Å². The smallest absolute Gasteiger partial charge is 0.267 e. The molecule has 0 aliphatic carbocycles. The lowest BCUT2D eigenvalue weighted by Crippen LogP contribution is -2.18. The minimum atomic E-state index is -0.653. The molecule has 1 aliphatic heterocycles. The van der Waals surface area contributed by atoms with E-state index in [-0.39, 0.29) is 5.91 Å². The molecule has 1 amide bonds. The summed E-state index contributed by atoms with van der Waals surface area (Å²) in [5.41, 5.74) is 1.57. The molecular weight excluding hydrogens is 152 g/mol. The summed E-state index contributed by atoms with van der Waals surface area (Å²) < 4.78 is 0. The number of nitriles is 1. The van der Waals surface area contributed by atoms with E-state index in [0.29, 0.717) is 0 Å². The summed E-state index contributed by atoms with van der Waals surface area (Å²) in [6, 6.07) is 1.92. The fourth-order valence-corrected chi connectivity index (χ4v) is 1.12. The number of carbonyl (C=O) groups excluding carboxylic acids is 1. The van der Waals surface area contributed by atoms with Crippen LogP contribution < -0.4 is 0 Å². The Morgan fingerprint density at radius 1 is 1.75 bits per heavy atom. The van der Waals surface area contributed by atoms with Gasteiger partial charge in [-0.3, -0.25) is 4.79 Å². The predicted octanol–water partition coefficient (Wildman–Crippen LogP) is 1.46. The van der Waals surface area contributed by atoms with Gasteiger partial charge in [0.2, 0.25) is 0 Å². The van der Waals surface area contributed by atoms with Crippen LogP contribution in [0.2, 0.25) is 0 Å². The first-order valence-electron chi connectivity index (χ1n) is 3.88. The lowest BCUT2D eigenvalue weighted by atomic mass is 9.97. The predicted molar refractivity (Wildman–Crippen MR) is 45.6 cm³/mol. The second-order valence-electron chi connectivity index (χ2n) is 2.75. The quantitative estimate of drug-likeness (QED) is 0.586. The molecule has 0 aromatic heterocycles. The third kappa shape index (κ3) is 1.42. The maximum absolute atomic E-state index is 11.2. The van der Waals surface area contributed by atoms with E-state index in [0.717, 1.165) is 17.7 Å². The van der Waals surface area contributed by atoms with Crippen LogP contribution >= 0.6 is 0 Å². The number of carbonyl (C=O) groups is 1. The van der Waals surface area contributed by atoms with E-state index < -0.39 is 5.92 Å². The van der Waals surface area contributed by atoms with Gasteiger partial charge in [-0.2, -0.15) is 5.26 Å². The lowest BCUT2D eigenvalue weighted by Gasteiger charge is -2.11. The molecule has 0 bridgehead atoms. The average Bonchev–Trinajstić information content (AvgIpc) is 2.03. The Bertz CT molecular complexity index is 307. The maximum Gasteiger partial charge on any atom is 0.267 e. The zero-order valence-corrected chi connectivity index (χ0v) is 7.16. The maximum atomic E-state index is 11.2. The Balaban J connectivity index is 2.98. The fourth-order valence-electron chi connectivity index (χ4n) is 1.12. The SMILES string of the molecule is CCC1=NC(=O)C(C#N)C(C)=C1. The Kier molecular flexibility index (Phi) is 2.39. The Morgan fingerprint density at radius 2 is 2.42 bits per heavy atom. The van der Waals surface area contributed by atoms with Crippen LogP contribution in [0.5, 0.6) is 0 Å². The second-order valence-corrected chi connectivity index (χ2v) is 2.75. The summed E-state index contributed by atoms with van der Waals surface area (Å²) in [6.07, 6.45) is 2.55. The Hall–Kier alpha value is -1.43. The molecule has 3 nitrogen and oxygen atoms in total. The van der Waals surface area contributed by atoms with Crippen molar-refractivity contribution in [2.45, 2.75) is 20.3 Å². The second kappa shape index (κ2) is 3.31. The molecule has 1 unspecified atom stereocenters. The molecule has 0 saturated heterocycles. The van der Waals surface area contributed by atoms with Crippen molar-refractivity contribution in [2.75, 3.05) is 0 Å². The number of hydrogen-bond acceptors (Lipinski definition) is 2. The van der Waals surface area contributed by atoms with Crippen molar-refractivity contribution in [2.24, 2.45) is 10.9 Å². The Labute approximate surface area is 71.4 Å². The van der Waals surface area contributed by atoms with Crippen molar-refractivity contribution in [3.8, 4) is 6.07 Å². The molecule has 0 aromatic rings. The van der Waals surface area contributed by atoms with Crippen molar-refractivity contribution in [1.82, 2.24) is 0 Å². The molecule has 0 N–H and O–H groups in total. The summed E-state index contributed by atoms with van der Waals surface area (Å²) in [5, 5.41) is 8.61. The third-order valence-corrected chi connectivity index (χ3v) is 1.84. The van der Waals surface area contributed by atoms with Gasteiger partial charge in [0.15, 0.2) is 0 Å². The highest BCUT2D eigenvalue weighted by molar-refractivity contribution is 6.07. The van der Waals surface area contributed by atoms with Gasteiger partial charge in [0, 0.05) is 5.71 Å². The van der Waals surface area contributed by atoms with Crippen molar-refractivity contribution >= 4 is 11.6 Å². The van der Waals surface area contributed by atoms with E-state index in [1.807, 2.05) is 19.1 Å². The van der Waals surface area contributed by atoms with Gasteiger partial charge < -0.3 is 0 Å². The number of amides is 1. The molecule has 12 heavy (non-hydrogen) atoms. The normalized spacial score (nSPS) is 22.8. The molecule has 1 rings (SSSR count). The average molecular weight is 162 g/mol. The summed E-state index contributed by atoms with van der Waals surface area (Å²) in [7, 11) is 0. The first kappa shape index (κ1) is 8.66. The van der Waals surface area contributed by atoms with Crippen LogP contribution in [-0.2, 0) is 4.79 Å².